The molecule has 0 amide bonds. The van der Waals surface area contributed by atoms with E-state index in [1.807, 2.05) is 18.4 Å². The fraction of sp³-hybridized carbons (Fsp3) is 0.667. The van der Waals surface area contributed by atoms with Crippen LogP contribution >= 0.6 is 22.9 Å². The second kappa shape index (κ2) is 6.16. The Morgan fingerprint density at radius 3 is 3.18 bits per heavy atom. The van der Waals surface area contributed by atoms with E-state index in [2.05, 4.69) is 4.90 Å². The number of ether oxygens (including phenoxy) is 1. The average Bonchev–Trinajstić information content (AvgIpc) is 2.67. The zero-order chi connectivity index (χ0) is 12.3. The van der Waals surface area contributed by atoms with E-state index < -0.39 is 0 Å². The van der Waals surface area contributed by atoms with Crippen molar-refractivity contribution >= 4 is 22.9 Å². The molecule has 2 heterocycles. The molecule has 0 aromatic carbocycles. The van der Waals surface area contributed by atoms with Crippen LogP contribution in [-0.2, 0) is 11.3 Å². The minimum absolute atomic E-state index is 0.289. The zero-order valence-corrected chi connectivity index (χ0v) is 11.5. The van der Waals surface area contributed by atoms with Crippen molar-refractivity contribution in [3.63, 3.8) is 0 Å². The Labute approximate surface area is 111 Å². The molecule has 3 nitrogen and oxygen atoms in total. The molecule has 0 saturated carbocycles. The highest BCUT2D eigenvalue weighted by atomic mass is 35.5. The maximum Gasteiger partial charge on any atom is 0.0623 e. The molecule has 1 aromatic rings. The summed E-state index contributed by atoms with van der Waals surface area (Å²) in [5.41, 5.74) is 0. The van der Waals surface area contributed by atoms with E-state index in [0.29, 0.717) is 12.6 Å². The van der Waals surface area contributed by atoms with Gasteiger partial charge in [-0.2, -0.15) is 0 Å². The first-order chi connectivity index (χ1) is 8.16. The SMILES string of the molecule is C[C@H](O)C[C@H]1COCCN1Cc1sccc1Cl. The molecule has 2 rings (SSSR count). The molecule has 1 aliphatic heterocycles. The number of hydrogen-bond donors (Lipinski definition) is 1. The normalized spacial score (nSPS) is 23.8. The lowest BCUT2D eigenvalue weighted by Gasteiger charge is -2.36. The minimum Gasteiger partial charge on any atom is -0.393 e. The van der Waals surface area contributed by atoms with Crippen LogP contribution in [0.2, 0.25) is 5.02 Å². The number of hydrogen-bond acceptors (Lipinski definition) is 4. The molecule has 1 fully saturated rings. The van der Waals surface area contributed by atoms with Gasteiger partial charge >= 0.3 is 0 Å². The highest BCUT2D eigenvalue weighted by molar-refractivity contribution is 7.10. The molecule has 17 heavy (non-hydrogen) atoms. The average molecular weight is 276 g/mol. The summed E-state index contributed by atoms with van der Waals surface area (Å²) in [6, 6.07) is 2.23. The van der Waals surface area contributed by atoms with E-state index in [1.165, 1.54) is 4.88 Å². The van der Waals surface area contributed by atoms with Crippen molar-refractivity contribution < 1.29 is 9.84 Å². The molecule has 0 unspecified atom stereocenters. The minimum atomic E-state index is -0.289. The summed E-state index contributed by atoms with van der Waals surface area (Å²) in [4.78, 5) is 3.55. The standard InChI is InChI=1S/C12H18ClNO2S/c1-9(15)6-10-8-16-4-3-14(10)7-12-11(13)2-5-17-12/h2,5,9-10,15H,3-4,6-8H2,1H3/t9-,10-/m0/s1. The van der Waals surface area contributed by atoms with Crippen molar-refractivity contribution in [2.75, 3.05) is 19.8 Å². The number of thiophene rings is 1. The summed E-state index contributed by atoms with van der Waals surface area (Å²) in [6.45, 7) is 5.06. The Kier molecular flexibility index (Phi) is 4.82. The molecule has 1 N–H and O–H groups in total. The van der Waals surface area contributed by atoms with Gasteiger partial charge in [-0.1, -0.05) is 11.6 Å². The van der Waals surface area contributed by atoms with Crippen LogP contribution in [-0.4, -0.2) is 41.9 Å². The van der Waals surface area contributed by atoms with Gasteiger partial charge < -0.3 is 9.84 Å². The third kappa shape index (κ3) is 3.66. The molecule has 2 atom stereocenters. The maximum absolute atomic E-state index is 9.50. The highest BCUT2D eigenvalue weighted by Crippen LogP contribution is 2.25. The van der Waals surface area contributed by atoms with Gasteiger partial charge in [0, 0.05) is 24.0 Å². The Balaban J connectivity index is 1.99. The van der Waals surface area contributed by atoms with Crippen molar-refractivity contribution in [2.45, 2.75) is 32.0 Å². The van der Waals surface area contributed by atoms with Gasteiger partial charge in [0.2, 0.25) is 0 Å². The van der Waals surface area contributed by atoms with Crippen molar-refractivity contribution in [1.82, 2.24) is 4.90 Å². The van der Waals surface area contributed by atoms with Crippen LogP contribution in [0.4, 0.5) is 0 Å². The van der Waals surface area contributed by atoms with Gasteiger partial charge in [-0.3, -0.25) is 4.90 Å². The number of halogens is 1. The predicted molar refractivity (Wildman–Crippen MR) is 70.6 cm³/mol. The first-order valence-electron chi connectivity index (χ1n) is 5.88. The zero-order valence-electron chi connectivity index (χ0n) is 9.93. The second-order valence-corrected chi connectivity index (χ2v) is 5.88. The van der Waals surface area contributed by atoms with E-state index in [-0.39, 0.29) is 6.10 Å². The van der Waals surface area contributed by atoms with E-state index in [0.717, 1.165) is 31.1 Å². The molecular weight excluding hydrogens is 258 g/mol. The summed E-state index contributed by atoms with van der Waals surface area (Å²) in [7, 11) is 0. The van der Waals surface area contributed by atoms with Crippen LogP contribution in [0.1, 0.15) is 18.2 Å². The van der Waals surface area contributed by atoms with Gasteiger partial charge in [-0.25, -0.2) is 0 Å². The third-order valence-corrected chi connectivity index (χ3v) is 4.37. The second-order valence-electron chi connectivity index (χ2n) is 4.48. The van der Waals surface area contributed by atoms with Crippen molar-refractivity contribution in [3.8, 4) is 0 Å². The lowest BCUT2D eigenvalue weighted by Crippen LogP contribution is -2.46. The molecule has 0 bridgehead atoms. The molecule has 0 spiro atoms. The fourth-order valence-corrected chi connectivity index (χ4v) is 3.25. The van der Waals surface area contributed by atoms with Crippen LogP contribution in [0, 0.1) is 0 Å². The molecule has 5 heteroatoms. The van der Waals surface area contributed by atoms with Crippen LogP contribution in [0.3, 0.4) is 0 Å². The Morgan fingerprint density at radius 1 is 1.71 bits per heavy atom. The molecule has 1 aliphatic rings. The van der Waals surface area contributed by atoms with E-state index in [1.54, 1.807) is 11.3 Å². The lowest BCUT2D eigenvalue weighted by molar-refractivity contribution is -0.0272. The summed E-state index contributed by atoms with van der Waals surface area (Å²) < 4.78 is 5.48. The molecular formula is C12H18ClNO2S. The van der Waals surface area contributed by atoms with Crippen molar-refractivity contribution in [3.05, 3.63) is 21.3 Å². The molecule has 1 saturated heterocycles. The van der Waals surface area contributed by atoms with Crippen LogP contribution in [0.15, 0.2) is 11.4 Å². The number of nitrogens with zero attached hydrogens (tertiary/aromatic N) is 1. The summed E-state index contributed by atoms with van der Waals surface area (Å²) in [5, 5.41) is 12.4. The van der Waals surface area contributed by atoms with Gasteiger partial charge in [0.1, 0.15) is 0 Å². The molecule has 0 radical (unpaired) electrons. The van der Waals surface area contributed by atoms with Gasteiger partial charge in [0.05, 0.1) is 24.3 Å². The maximum atomic E-state index is 9.50. The quantitative estimate of drug-likeness (QED) is 0.916. The van der Waals surface area contributed by atoms with Gasteiger partial charge in [0.25, 0.3) is 0 Å². The van der Waals surface area contributed by atoms with Crippen molar-refractivity contribution in [1.29, 1.82) is 0 Å². The van der Waals surface area contributed by atoms with Crippen LogP contribution in [0.5, 0.6) is 0 Å². The summed E-state index contributed by atoms with van der Waals surface area (Å²) >= 11 is 7.80. The highest BCUT2D eigenvalue weighted by Gasteiger charge is 2.25. The topological polar surface area (TPSA) is 32.7 Å². The first kappa shape index (κ1) is 13.3. The monoisotopic (exact) mass is 275 g/mol. The molecule has 0 aliphatic carbocycles. The van der Waals surface area contributed by atoms with Crippen LogP contribution in [0.25, 0.3) is 0 Å². The Morgan fingerprint density at radius 2 is 2.53 bits per heavy atom. The van der Waals surface area contributed by atoms with E-state index in [4.69, 9.17) is 16.3 Å². The fourth-order valence-electron chi connectivity index (χ4n) is 2.13. The third-order valence-electron chi connectivity index (χ3n) is 3.00. The Bertz CT molecular complexity index is 356. The number of aliphatic hydroxyl groups is 1. The lowest BCUT2D eigenvalue weighted by atomic mass is 10.1. The predicted octanol–water partition coefficient (Wildman–Crippen LogP) is 2.37. The van der Waals surface area contributed by atoms with Gasteiger partial charge in [-0.05, 0) is 24.8 Å². The molecule has 96 valence electrons. The van der Waals surface area contributed by atoms with E-state index in [9.17, 15) is 5.11 Å². The van der Waals surface area contributed by atoms with E-state index >= 15 is 0 Å². The summed E-state index contributed by atoms with van der Waals surface area (Å²) in [5.74, 6) is 0. The van der Waals surface area contributed by atoms with Crippen molar-refractivity contribution in [2.24, 2.45) is 0 Å². The molecule has 1 aromatic heterocycles. The largest absolute Gasteiger partial charge is 0.393 e. The van der Waals surface area contributed by atoms with Gasteiger partial charge in [-0.15, -0.1) is 11.3 Å². The number of morpholine rings is 1. The van der Waals surface area contributed by atoms with Gasteiger partial charge in [0.15, 0.2) is 0 Å². The first-order valence-corrected chi connectivity index (χ1v) is 7.14. The summed E-state index contributed by atoms with van der Waals surface area (Å²) in [6.07, 6.45) is 0.464. The Hall–Kier alpha value is -0.130. The number of rotatable bonds is 4. The smallest absolute Gasteiger partial charge is 0.0623 e. The van der Waals surface area contributed by atoms with Crippen LogP contribution < -0.4 is 0 Å². The number of aliphatic hydroxyl groups excluding tert-OH is 1.